The van der Waals surface area contributed by atoms with Crippen LogP contribution < -0.4 is 29.6 Å². The second-order valence-electron chi connectivity index (χ2n) is 0. The van der Waals surface area contributed by atoms with E-state index in [1.165, 1.54) is 0 Å². The van der Waals surface area contributed by atoms with E-state index in [4.69, 9.17) is 0 Å². The normalized spacial score (nSPS) is 0.923. The van der Waals surface area contributed by atoms with Crippen molar-refractivity contribution in [1.82, 2.24) is 0 Å². The van der Waals surface area contributed by atoms with Gasteiger partial charge in [0, 0.05) is 33.7 Å². The first-order valence-electron chi connectivity index (χ1n) is 1.58. The molecule has 0 saturated heterocycles. The van der Waals surface area contributed by atoms with E-state index in [1.54, 1.807) is 0 Å². The van der Waals surface area contributed by atoms with E-state index < -0.39 is 0 Å². The Morgan fingerprint density at radius 2 is 0.615 bits per heavy atom. The summed E-state index contributed by atoms with van der Waals surface area (Å²) in [6.45, 7) is 5.92. The maximum Gasteiger partial charge on any atom is 1.00 e. The van der Waals surface area contributed by atoms with E-state index in [1.807, 2.05) is 20.5 Å². The summed E-state index contributed by atoms with van der Waals surface area (Å²) >= 11 is 0. The van der Waals surface area contributed by atoms with Gasteiger partial charge in [0.15, 0.2) is 0 Å². The third-order valence-corrected chi connectivity index (χ3v) is 0. The van der Waals surface area contributed by atoms with Crippen molar-refractivity contribution >= 4 is 52.8 Å². The predicted molar refractivity (Wildman–Crippen MR) is 79.9 cm³/mol. The second-order valence-corrected chi connectivity index (χ2v) is 0. The minimum Gasteiger partial charge on any atom is -0.577 e. The van der Waals surface area contributed by atoms with Crippen LogP contribution in [0, 0.1) is 0 Å². The zero-order valence-electron chi connectivity index (χ0n) is 7.46. The van der Waals surface area contributed by atoms with Gasteiger partial charge in [-0.2, -0.15) is 0 Å². The fraction of sp³-hybridized carbons (Fsp3) is 1.00. The molecule has 12 radical (unpaired) electrons. The Balaban J connectivity index is -0.000000000404. The SMILES string of the molecule is C.C.C.CC.CP.[B].[B].[B].[B].[Na+].[PH2-]. The molecule has 0 saturated carbocycles. The molecule has 0 amide bonds. The standard InChI is InChI=1S/C2H6.CH5P.3CH4.4B.Na.H2P/c2*1-2;;;;;;;;;/h1-2H3;2H2,1H3;3*1H4;;;;;;1H2/q;;;;;;;;;+1;-1. The van der Waals surface area contributed by atoms with Gasteiger partial charge in [0.2, 0.25) is 0 Å². The molecule has 0 bridgehead atoms. The molecule has 0 N–H and O–H groups in total. The van der Waals surface area contributed by atoms with Crippen molar-refractivity contribution in [2.45, 2.75) is 36.1 Å². The average molecular weight is 225 g/mol. The Labute approximate surface area is 124 Å². The molecule has 0 aliphatic heterocycles. The van der Waals surface area contributed by atoms with Gasteiger partial charge >= 0.3 is 29.6 Å². The molecule has 13 heavy (non-hydrogen) atoms. The van der Waals surface area contributed by atoms with Gasteiger partial charge < -0.3 is 9.90 Å². The topological polar surface area (TPSA) is 0 Å². The summed E-state index contributed by atoms with van der Waals surface area (Å²) in [5.41, 5.74) is 0. The number of rotatable bonds is 0. The molecule has 0 heterocycles. The molecule has 72 valence electrons. The van der Waals surface area contributed by atoms with Gasteiger partial charge in [-0.05, 0) is 0 Å². The molecular formula is C6H25B4NaP2. The van der Waals surface area contributed by atoms with Crippen LogP contribution >= 0.6 is 19.1 Å². The van der Waals surface area contributed by atoms with Crippen LogP contribution in [0.25, 0.3) is 0 Å². The summed E-state index contributed by atoms with van der Waals surface area (Å²) in [5, 5.41) is 0. The summed E-state index contributed by atoms with van der Waals surface area (Å²) in [4.78, 5) is 0. The van der Waals surface area contributed by atoms with Gasteiger partial charge in [0.05, 0.1) is 0 Å². The number of hydrogen-bond donors (Lipinski definition) is 0. The molecule has 0 spiro atoms. The van der Waals surface area contributed by atoms with Crippen molar-refractivity contribution in [1.29, 1.82) is 0 Å². The van der Waals surface area contributed by atoms with Crippen LogP contribution in [0.4, 0.5) is 0 Å². The molecular weight excluding hydrogens is 200 g/mol. The third kappa shape index (κ3) is 462. The van der Waals surface area contributed by atoms with Gasteiger partial charge in [0.1, 0.15) is 0 Å². The molecule has 0 fully saturated rings. The van der Waals surface area contributed by atoms with Crippen LogP contribution in [0.3, 0.4) is 0 Å². The molecule has 0 nitrogen and oxygen atoms in total. The first-order valence-corrected chi connectivity index (χ1v) is 2.73. The smallest absolute Gasteiger partial charge is 0.577 e. The second kappa shape index (κ2) is 541. The van der Waals surface area contributed by atoms with Crippen LogP contribution in [0.15, 0.2) is 0 Å². The summed E-state index contributed by atoms with van der Waals surface area (Å²) in [6.07, 6.45) is 0. The van der Waals surface area contributed by atoms with E-state index in [9.17, 15) is 0 Å². The van der Waals surface area contributed by atoms with Crippen LogP contribution in [-0.4, -0.2) is 40.3 Å². The van der Waals surface area contributed by atoms with Crippen LogP contribution in [-0.2, 0) is 0 Å². The van der Waals surface area contributed by atoms with E-state index >= 15 is 0 Å². The number of hydrogen-bond acceptors (Lipinski definition) is 0. The summed E-state index contributed by atoms with van der Waals surface area (Å²) in [6, 6.07) is 0. The van der Waals surface area contributed by atoms with Gasteiger partial charge in [-0.15, -0.1) is 9.24 Å². The van der Waals surface area contributed by atoms with Crippen LogP contribution in [0.1, 0.15) is 36.1 Å². The zero-order chi connectivity index (χ0) is 4.00. The third-order valence-electron chi connectivity index (χ3n) is 0. The summed E-state index contributed by atoms with van der Waals surface area (Å²) < 4.78 is 0. The molecule has 1 atom stereocenters. The largest absolute Gasteiger partial charge is 1.00 e. The fourth-order valence-electron chi connectivity index (χ4n) is 0. The molecule has 0 aromatic heterocycles. The van der Waals surface area contributed by atoms with E-state index in [0.717, 1.165) is 0 Å². The van der Waals surface area contributed by atoms with Crippen molar-refractivity contribution in [3.63, 3.8) is 0 Å². The van der Waals surface area contributed by atoms with Gasteiger partial charge in [-0.1, -0.05) is 42.8 Å². The van der Waals surface area contributed by atoms with E-state index in [2.05, 4.69) is 9.24 Å². The summed E-state index contributed by atoms with van der Waals surface area (Å²) in [5.74, 6) is 0. The van der Waals surface area contributed by atoms with Crippen molar-refractivity contribution in [2.75, 3.05) is 6.66 Å². The van der Waals surface area contributed by atoms with Crippen molar-refractivity contribution in [3.05, 3.63) is 0 Å². The molecule has 7 heteroatoms. The Bertz CT molecular complexity index is 22.6. The van der Waals surface area contributed by atoms with E-state index in [-0.39, 0.29) is 95.4 Å². The Morgan fingerprint density at radius 1 is 0.615 bits per heavy atom. The maximum atomic E-state index is 2.42. The monoisotopic (exact) mass is 226 g/mol. The van der Waals surface area contributed by atoms with Crippen molar-refractivity contribution in [2.24, 2.45) is 0 Å². The predicted octanol–water partition coefficient (Wildman–Crippen LogP) is -0.768. The molecule has 0 aromatic rings. The summed E-state index contributed by atoms with van der Waals surface area (Å²) in [7, 11) is 2.42. The first-order chi connectivity index (χ1) is 2.00. The van der Waals surface area contributed by atoms with Gasteiger partial charge in [-0.25, -0.2) is 0 Å². The van der Waals surface area contributed by atoms with Crippen molar-refractivity contribution in [3.8, 4) is 0 Å². The van der Waals surface area contributed by atoms with Crippen LogP contribution in [0.5, 0.6) is 0 Å². The minimum absolute atomic E-state index is 0. The van der Waals surface area contributed by atoms with Gasteiger partial charge in [-0.3, -0.25) is 0 Å². The first kappa shape index (κ1) is 178. The Morgan fingerprint density at radius 3 is 0.615 bits per heavy atom. The zero-order valence-corrected chi connectivity index (χ0v) is 11.8. The Hall–Kier alpha value is 2.12. The molecule has 1 unspecified atom stereocenters. The molecule has 0 rings (SSSR count). The van der Waals surface area contributed by atoms with E-state index in [0.29, 0.717) is 0 Å². The molecule has 0 aliphatic carbocycles. The molecule has 0 aromatic carbocycles. The van der Waals surface area contributed by atoms with Crippen LogP contribution in [0.2, 0.25) is 0 Å². The van der Waals surface area contributed by atoms with Gasteiger partial charge in [0.25, 0.3) is 0 Å². The minimum atomic E-state index is 0. The van der Waals surface area contributed by atoms with Crippen molar-refractivity contribution < 1.29 is 29.6 Å². The molecule has 0 aliphatic rings. The quantitative estimate of drug-likeness (QED) is 0.375. The maximum absolute atomic E-state index is 2.42. The fourth-order valence-corrected chi connectivity index (χ4v) is 0. The Kier molecular flexibility index (Phi) is 7390. The average Bonchev–Trinajstić information content (AvgIpc) is 1.50.